The van der Waals surface area contributed by atoms with Crippen LogP contribution in [-0.4, -0.2) is 15.2 Å². The minimum absolute atomic E-state index is 0.0770. The molecule has 0 aliphatic rings. The molecule has 0 bridgehead atoms. The largest absolute Gasteiger partial charge is 0.508 e. The number of aromatic hydroxyl groups is 2. The zero-order chi connectivity index (χ0) is 9.42. The van der Waals surface area contributed by atoms with Crippen molar-refractivity contribution >= 4 is 10.9 Å². The molecular weight excluding hydrogens is 170 g/mol. The molecule has 0 saturated heterocycles. The molecule has 0 spiro atoms. The third-order valence-electron chi connectivity index (χ3n) is 1.82. The summed E-state index contributed by atoms with van der Waals surface area (Å²) in [5.41, 5.74) is 0.149. The molecular formula is C9H7NO3. The lowest BCUT2D eigenvalue weighted by Crippen LogP contribution is -1.99. The van der Waals surface area contributed by atoms with Crippen molar-refractivity contribution < 1.29 is 10.2 Å². The number of benzene rings is 1. The molecule has 0 unspecified atom stereocenters. The lowest BCUT2D eigenvalue weighted by atomic mass is 10.2. The first-order valence-electron chi connectivity index (χ1n) is 3.72. The first-order chi connectivity index (χ1) is 6.18. The van der Waals surface area contributed by atoms with Crippen LogP contribution >= 0.6 is 0 Å². The van der Waals surface area contributed by atoms with Crippen LogP contribution in [0.25, 0.3) is 10.9 Å². The van der Waals surface area contributed by atoms with E-state index in [1.807, 2.05) is 0 Å². The molecule has 0 fully saturated rings. The number of phenols is 2. The van der Waals surface area contributed by atoms with Crippen LogP contribution in [0.15, 0.2) is 29.2 Å². The minimum Gasteiger partial charge on any atom is -0.508 e. The van der Waals surface area contributed by atoms with Crippen LogP contribution in [0, 0.1) is 0 Å². The number of H-pyrrole nitrogens is 1. The van der Waals surface area contributed by atoms with E-state index in [1.54, 1.807) is 0 Å². The smallest absolute Gasteiger partial charge is 0.193 e. The van der Waals surface area contributed by atoms with Gasteiger partial charge in [-0.25, -0.2) is 0 Å². The Morgan fingerprint density at radius 3 is 2.77 bits per heavy atom. The second-order valence-corrected chi connectivity index (χ2v) is 2.73. The monoisotopic (exact) mass is 177 g/mol. The van der Waals surface area contributed by atoms with Crippen molar-refractivity contribution in [1.82, 2.24) is 4.98 Å². The lowest BCUT2D eigenvalue weighted by molar-refractivity contribution is 0.455. The van der Waals surface area contributed by atoms with Crippen molar-refractivity contribution in [3.8, 4) is 11.5 Å². The summed E-state index contributed by atoms with van der Waals surface area (Å²) in [6.45, 7) is 0. The van der Waals surface area contributed by atoms with E-state index in [-0.39, 0.29) is 22.3 Å². The molecule has 1 aromatic heterocycles. The van der Waals surface area contributed by atoms with Gasteiger partial charge in [0.15, 0.2) is 5.43 Å². The van der Waals surface area contributed by atoms with Gasteiger partial charge in [0.25, 0.3) is 0 Å². The van der Waals surface area contributed by atoms with Crippen molar-refractivity contribution in [1.29, 1.82) is 0 Å². The molecule has 0 atom stereocenters. The van der Waals surface area contributed by atoms with Gasteiger partial charge in [-0.1, -0.05) is 0 Å². The maximum Gasteiger partial charge on any atom is 0.193 e. The third kappa shape index (κ3) is 1.12. The number of hydrogen-bond acceptors (Lipinski definition) is 3. The van der Waals surface area contributed by atoms with Gasteiger partial charge in [-0.2, -0.15) is 0 Å². The van der Waals surface area contributed by atoms with Crippen LogP contribution in [0.1, 0.15) is 0 Å². The minimum atomic E-state index is -0.272. The number of hydrogen-bond donors (Lipinski definition) is 3. The van der Waals surface area contributed by atoms with Gasteiger partial charge in [0, 0.05) is 24.4 Å². The number of rotatable bonds is 0. The highest BCUT2D eigenvalue weighted by atomic mass is 16.3. The van der Waals surface area contributed by atoms with Crippen LogP contribution in [0.4, 0.5) is 0 Å². The lowest BCUT2D eigenvalue weighted by Gasteiger charge is -2.00. The van der Waals surface area contributed by atoms with E-state index in [0.29, 0.717) is 5.52 Å². The molecule has 0 radical (unpaired) electrons. The average molecular weight is 177 g/mol. The fourth-order valence-corrected chi connectivity index (χ4v) is 1.28. The van der Waals surface area contributed by atoms with E-state index in [2.05, 4.69) is 4.98 Å². The maximum absolute atomic E-state index is 11.2. The highest BCUT2D eigenvalue weighted by Gasteiger charge is 2.05. The van der Waals surface area contributed by atoms with Gasteiger partial charge >= 0.3 is 0 Å². The normalized spacial score (nSPS) is 10.5. The van der Waals surface area contributed by atoms with Gasteiger partial charge in [-0.15, -0.1) is 0 Å². The molecule has 4 heteroatoms. The van der Waals surface area contributed by atoms with Gasteiger partial charge in [0.1, 0.15) is 11.5 Å². The van der Waals surface area contributed by atoms with Crippen LogP contribution in [0.2, 0.25) is 0 Å². The van der Waals surface area contributed by atoms with Crippen molar-refractivity contribution in [2.45, 2.75) is 0 Å². The molecule has 4 nitrogen and oxygen atoms in total. The van der Waals surface area contributed by atoms with E-state index in [4.69, 9.17) is 5.11 Å². The Morgan fingerprint density at radius 1 is 1.23 bits per heavy atom. The topological polar surface area (TPSA) is 73.3 Å². The number of phenolic OH excluding ortho intramolecular Hbond substituents is 2. The average Bonchev–Trinajstić information content (AvgIpc) is 2.02. The molecule has 2 aromatic rings. The zero-order valence-corrected chi connectivity index (χ0v) is 6.61. The number of fused-ring (bicyclic) bond motifs is 1. The second-order valence-electron chi connectivity index (χ2n) is 2.73. The highest BCUT2D eigenvalue weighted by Crippen LogP contribution is 2.25. The van der Waals surface area contributed by atoms with Gasteiger partial charge in [-0.05, 0) is 0 Å². The molecule has 0 aliphatic carbocycles. The third-order valence-corrected chi connectivity index (χ3v) is 1.82. The highest BCUT2D eigenvalue weighted by molar-refractivity contribution is 5.85. The summed E-state index contributed by atoms with van der Waals surface area (Å²) in [7, 11) is 0. The second kappa shape index (κ2) is 2.52. The van der Waals surface area contributed by atoms with Crippen molar-refractivity contribution in [3.05, 3.63) is 34.6 Å². The van der Waals surface area contributed by atoms with E-state index in [9.17, 15) is 9.90 Å². The molecule has 1 aromatic carbocycles. The van der Waals surface area contributed by atoms with E-state index < -0.39 is 0 Å². The van der Waals surface area contributed by atoms with Crippen LogP contribution in [0.3, 0.4) is 0 Å². The molecule has 13 heavy (non-hydrogen) atoms. The molecule has 66 valence electrons. The van der Waals surface area contributed by atoms with Gasteiger partial charge in [0.05, 0.1) is 10.9 Å². The number of pyridine rings is 1. The Labute approximate surface area is 73.1 Å². The maximum atomic E-state index is 11.2. The summed E-state index contributed by atoms with van der Waals surface area (Å²) in [5.74, 6) is -0.288. The van der Waals surface area contributed by atoms with Gasteiger partial charge < -0.3 is 15.2 Å². The fraction of sp³-hybridized carbons (Fsp3) is 0. The van der Waals surface area contributed by atoms with Crippen molar-refractivity contribution in [2.24, 2.45) is 0 Å². The van der Waals surface area contributed by atoms with Crippen molar-refractivity contribution in [2.75, 3.05) is 0 Å². The Balaban J connectivity index is 3.03. The molecule has 1 heterocycles. The van der Waals surface area contributed by atoms with Crippen LogP contribution < -0.4 is 5.43 Å². The summed E-state index contributed by atoms with van der Waals surface area (Å²) in [5, 5.41) is 18.7. The van der Waals surface area contributed by atoms with Crippen molar-refractivity contribution in [3.63, 3.8) is 0 Å². The number of aromatic amines is 1. The number of aromatic nitrogens is 1. The molecule has 0 amide bonds. The summed E-state index contributed by atoms with van der Waals surface area (Å²) in [6.07, 6.45) is 1.46. The molecule has 0 saturated carbocycles. The first kappa shape index (κ1) is 7.67. The Hall–Kier alpha value is -1.97. The molecule has 0 aliphatic heterocycles. The van der Waals surface area contributed by atoms with Crippen LogP contribution in [-0.2, 0) is 0 Å². The summed E-state index contributed by atoms with van der Waals surface area (Å²) in [6, 6.07) is 3.84. The molecule has 3 N–H and O–H groups in total. The van der Waals surface area contributed by atoms with Gasteiger partial charge in [-0.3, -0.25) is 4.79 Å². The Bertz CT molecular complexity index is 516. The van der Waals surface area contributed by atoms with E-state index in [1.165, 1.54) is 18.3 Å². The first-order valence-corrected chi connectivity index (χ1v) is 3.72. The predicted octanol–water partition coefficient (Wildman–Crippen LogP) is 0.939. The Kier molecular flexibility index (Phi) is 1.48. The van der Waals surface area contributed by atoms with Gasteiger partial charge in [0.2, 0.25) is 0 Å². The quantitative estimate of drug-likeness (QED) is 0.560. The van der Waals surface area contributed by atoms with E-state index in [0.717, 1.165) is 6.07 Å². The summed E-state index contributed by atoms with van der Waals surface area (Å²) >= 11 is 0. The fourth-order valence-electron chi connectivity index (χ4n) is 1.28. The van der Waals surface area contributed by atoms with Crippen LogP contribution in [0.5, 0.6) is 11.5 Å². The molecule has 2 rings (SSSR count). The SMILES string of the molecule is O=c1cc[nH]c2cc(O)cc(O)c12. The number of nitrogens with one attached hydrogen (secondary N) is 1. The van der Waals surface area contributed by atoms with E-state index >= 15 is 0 Å². The summed E-state index contributed by atoms with van der Waals surface area (Å²) in [4.78, 5) is 14.0. The zero-order valence-electron chi connectivity index (χ0n) is 6.61. The standard InChI is InChI=1S/C9H7NO3/c11-5-3-6-9(8(13)4-5)7(12)1-2-10-6/h1-4,11,13H,(H,10,12). The Morgan fingerprint density at radius 2 is 2.00 bits per heavy atom. The predicted molar refractivity (Wildman–Crippen MR) is 47.9 cm³/mol. The summed E-state index contributed by atoms with van der Waals surface area (Å²) < 4.78 is 0.